The van der Waals surface area contributed by atoms with Gasteiger partial charge in [0.2, 0.25) is 0 Å². The Bertz CT molecular complexity index is 174. The Kier molecular flexibility index (Phi) is 2.84. The summed E-state index contributed by atoms with van der Waals surface area (Å²) in [5.74, 6) is 1.58. The van der Waals surface area contributed by atoms with Gasteiger partial charge in [0.25, 0.3) is 0 Å². The second kappa shape index (κ2) is 3.93. The van der Waals surface area contributed by atoms with Gasteiger partial charge in [0, 0.05) is 19.1 Å². The first kappa shape index (κ1) is 9.41. The van der Waals surface area contributed by atoms with Crippen LogP contribution in [0.1, 0.15) is 13.3 Å². The molecule has 0 amide bonds. The third kappa shape index (κ3) is 1.59. The Balaban J connectivity index is 1.99. The average molecular weight is 186 g/mol. The van der Waals surface area contributed by atoms with Gasteiger partial charge in [-0.15, -0.1) is 0 Å². The van der Waals surface area contributed by atoms with Gasteiger partial charge in [-0.2, -0.15) is 0 Å². The third-order valence-electron chi connectivity index (χ3n) is 3.61. The number of rotatable bonds is 3. The molecule has 3 atom stereocenters. The van der Waals surface area contributed by atoms with Crippen LogP contribution in [0.4, 0.5) is 4.39 Å². The quantitative estimate of drug-likeness (QED) is 0.704. The van der Waals surface area contributed by atoms with E-state index >= 15 is 0 Å². The maximum atomic E-state index is 12.3. The maximum Gasteiger partial charge on any atom is 0.102 e. The molecule has 0 aromatic carbocycles. The molecule has 3 heteroatoms. The fraction of sp³-hybridized carbons (Fsp3) is 1.00. The largest absolute Gasteiger partial charge is 0.316 e. The molecule has 2 saturated heterocycles. The predicted molar refractivity (Wildman–Crippen MR) is 51.5 cm³/mol. The Morgan fingerprint density at radius 3 is 3.00 bits per heavy atom. The lowest BCUT2D eigenvalue weighted by Crippen LogP contribution is -2.36. The molecule has 0 radical (unpaired) electrons. The summed E-state index contributed by atoms with van der Waals surface area (Å²) < 4.78 is 12.3. The van der Waals surface area contributed by atoms with Gasteiger partial charge < -0.3 is 5.32 Å². The van der Waals surface area contributed by atoms with Gasteiger partial charge in [-0.25, -0.2) is 4.39 Å². The number of hydrogen-bond acceptors (Lipinski definition) is 2. The monoisotopic (exact) mass is 186 g/mol. The van der Waals surface area contributed by atoms with E-state index < -0.39 is 0 Å². The van der Waals surface area contributed by atoms with E-state index in [9.17, 15) is 4.39 Å². The third-order valence-corrected chi connectivity index (χ3v) is 3.61. The van der Waals surface area contributed by atoms with Crippen molar-refractivity contribution in [1.82, 2.24) is 10.2 Å². The first-order valence-electron chi connectivity index (χ1n) is 5.37. The van der Waals surface area contributed by atoms with Gasteiger partial charge >= 0.3 is 0 Å². The average Bonchev–Trinajstić information content (AvgIpc) is 2.64. The Hall–Kier alpha value is -0.150. The summed E-state index contributed by atoms with van der Waals surface area (Å²) in [5, 5.41) is 3.43. The summed E-state index contributed by atoms with van der Waals surface area (Å²) >= 11 is 0. The standard InChI is InChI=1S/C10H19FN2/c1-2-10-9-6-12-5-8(9)7-13(10)4-3-11/h8-10,12H,2-7H2,1H3. The van der Waals surface area contributed by atoms with Gasteiger partial charge in [0.1, 0.15) is 6.67 Å². The molecule has 2 aliphatic rings. The number of alkyl halides is 1. The Morgan fingerprint density at radius 1 is 1.46 bits per heavy atom. The van der Waals surface area contributed by atoms with Gasteiger partial charge in [-0.3, -0.25) is 4.90 Å². The minimum Gasteiger partial charge on any atom is -0.316 e. The second-order valence-electron chi connectivity index (χ2n) is 4.24. The van der Waals surface area contributed by atoms with Crippen molar-refractivity contribution in [3.8, 4) is 0 Å². The van der Waals surface area contributed by atoms with E-state index in [1.807, 2.05) is 0 Å². The lowest BCUT2D eigenvalue weighted by atomic mass is 9.93. The maximum absolute atomic E-state index is 12.3. The molecule has 0 aromatic rings. The summed E-state index contributed by atoms with van der Waals surface area (Å²) in [5.41, 5.74) is 0. The number of halogens is 1. The first-order chi connectivity index (χ1) is 6.36. The molecule has 0 aliphatic carbocycles. The van der Waals surface area contributed by atoms with E-state index in [1.54, 1.807) is 0 Å². The lowest BCUT2D eigenvalue weighted by Gasteiger charge is -2.25. The van der Waals surface area contributed by atoms with E-state index in [2.05, 4.69) is 17.1 Å². The molecule has 0 aromatic heterocycles. The highest BCUT2D eigenvalue weighted by atomic mass is 19.1. The van der Waals surface area contributed by atoms with Gasteiger partial charge in [0.15, 0.2) is 0 Å². The molecular formula is C10H19FN2. The van der Waals surface area contributed by atoms with Crippen LogP contribution in [-0.2, 0) is 0 Å². The smallest absolute Gasteiger partial charge is 0.102 e. The fourth-order valence-corrected chi connectivity index (χ4v) is 3.04. The van der Waals surface area contributed by atoms with Crippen molar-refractivity contribution in [2.75, 3.05) is 32.9 Å². The highest BCUT2D eigenvalue weighted by Crippen LogP contribution is 2.33. The van der Waals surface area contributed by atoms with Crippen LogP contribution in [0, 0.1) is 11.8 Å². The van der Waals surface area contributed by atoms with Crippen molar-refractivity contribution in [1.29, 1.82) is 0 Å². The molecule has 2 nitrogen and oxygen atoms in total. The SMILES string of the molecule is CCC1C2CNCC2CN1CCF. The van der Waals surface area contributed by atoms with E-state index in [0.717, 1.165) is 31.5 Å². The van der Waals surface area contributed by atoms with Crippen molar-refractivity contribution < 1.29 is 4.39 Å². The van der Waals surface area contributed by atoms with Crippen LogP contribution in [0.5, 0.6) is 0 Å². The van der Waals surface area contributed by atoms with E-state index in [0.29, 0.717) is 12.6 Å². The van der Waals surface area contributed by atoms with Crippen LogP contribution < -0.4 is 5.32 Å². The highest BCUT2D eigenvalue weighted by Gasteiger charge is 2.42. The van der Waals surface area contributed by atoms with E-state index in [-0.39, 0.29) is 6.67 Å². The van der Waals surface area contributed by atoms with Crippen LogP contribution in [0.25, 0.3) is 0 Å². The molecule has 0 spiro atoms. The number of nitrogens with one attached hydrogen (secondary N) is 1. The normalized spacial score (nSPS) is 39.7. The van der Waals surface area contributed by atoms with Crippen LogP contribution in [-0.4, -0.2) is 43.8 Å². The molecule has 2 rings (SSSR count). The molecule has 2 aliphatic heterocycles. The first-order valence-corrected chi connectivity index (χ1v) is 5.37. The zero-order chi connectivity index (χ0) is 9.26. The van der Waals surface area contributed by atoms with Crippen LogP contribution in [0.15, 0.2) is 0 Å². The summed E-state index contributed by atoms with van der Waals surface area (Å²) in [4.78, 5) is 2.34. The Morgan fingerprint density at radius 2 is 2.31 bits per heavy atom. The minimum atomic E-state index is -0.191. The number of nitrogens with zero attached hydrogens (tertiary/aromatic N) is 1. The zero-order valence-electron chi connectivity index (χ0n) is 8.30. The van der Waals surface area contributed by atoms with E-state index in [1.165, 1.54) is 6.42 Å². The van der Waals surface area contributed by atoms with E-state index in [4.69, 9.17) is 0 Å². The topological polar surface area (TPSA) is 15.3 Å². The number of likely N-dealkylation sites (tertiary alicyclic amines) is 1. The molecule has 2 fully saturated rings. The lowest BCUT2D eigenvalue weighted by molar-refractivity contribution is 0.202. The van der Waals surface area contributed by atoms with Crippen LogP contribution in [0.3, 0.4) is 0 Å². The second-order valence-corrected chi connectivity index (χ2v) is 4.24. The van der Waals surface area contributed by atoms with Crippen molar-refractivity contribution in [3.63, 3.8) is 0 Å². The molecule has 3 unspecified atom stereocenters. The molecule has 0 saturated carbocycles. The number of hydrogen-bond donors (Lipinski definition) is 1. The zero-order valence-corrected chi connectivity index (χ0v) is 8.30. The molecular weight excluding hydrogens is 167 g/mol. The van der Waals surface area contributed by atoms with Gasteiger partial charge in [-0.1, -0.05) is 6.92 Å². The molecule has 1 N–H and O–H groups in total. The fourth-order valence-electron chi connectivity index (χ4n) is 3.04. The van der Waals surface area contributed by atoms with Crippen LogP contribution >= 0.6 is 0 Å². The summed E-state index contributed by atoms with van der Waals surface area (Å²) in [6, 6.07) is 0.635. The van der Waals surface area contributed by atoms with Gasteiger partial charge in [0.05, 0.1) is 0 Å². The Labute approximate surface area is 79.5 Å². The van der Waals surface area contributed by atoms with Crippen molar-refractivity contribution in [2.24, 2.45) is 11.8 Å². The molecule has 76 valence electrons. The summed E-state index contributed by atoms with van der Waals surface area (Å²) in [7, 11) is 0. The minimum absolute atomic E-state index is 0.191. The summed E-state index contributed by atoms with van der Waals surface area (Å²) in [6.45, 7) is 6.07. The predicted octanol–water partition coefficient (Wildman–Crippen LogP) is 0.886. The molecule has 13 heavy (non-hydrogen) atoms. The molecule has 2 heterocycles. The van der Waals surface area contributed by atoms with Crippen molar-refractivity contribution in [3.05, 3.63) is 0 Å². The van der Waals surface area contributed by atoms with Crippen LogP contribution in [0.2, 0.25) is 0 Å². The number of fused-ring (bicyclic) bond motifs is 1. The summed E-state index contributed by atoms with van der Waals surface area (Å²) in [6.07, 6.45) is 1.17. The van der Waals surface area contributed by atoms with Crippen molar-refractivity contribution in [2.45, 2.75) is 19.4 Å². The highest BCUT2D eigenvalue weighted by molar-refractivity contribution is 4.97. The molecule has 0 bridgehead atoms. The van der Waals surface area contributed by atoms with Crippen molar-refractivity contribution >= 4 is 0 Å². The van der Waals surface area contributed by atoms with Gasteiger partial charge in [-0.05, 0) is 31.3 Å².